The molecule has 0 spiro atoms. The van der Waals surface area contributed by atoms with E-state index in [0.29, 0.717) is 17.7 Å². The van der Waals surface area contributed by atoms with Crippen LogP contribution in [0.1, 0.15) is 31.7 Å². The Hall–Kier alpha value is -1.69. The second kappa shape index (κ2) is 6.47. The van der Waals surface area contributed by atoms with Gasteiger partial charge in [-0.05, 0) is 13.8 Å². The van der Waals surface area contributed by atoms with Crippen molar-refractivity contribution in [2.24, 2.45) is 0 Å². The van der Waals surface area contributed by atoms with Crippen LogP contribution in [0.15, 0.2) is 23.8 Å². The highest BCUT2D eigenvalue weighted by Gasteiger charge is 2.09. The molecule has 0 aromatic carbocycles. The summed E-state index contributed by atoms with van der Waals surface area (Å²) in [7, 11) is 0. The smallest absolute Gasteiger partial charge is 0.225 e. The maximum Gasteiger partial charge on any atom is 0.225 e. The number of rotatable bonds is 6. The van der Waals surface area contributed by atoms with E-state index in [2.05, 4.69) is 27.2 Å². The SMILES string of the molecule is CC(C)Oc1ccnc(NCC(C)c2nccs2)n1. The van der Waals surface area contributed by atoms with Gasteiger partial charge in [0.2, 0.25) is 11.8 Å². The predicted octanol–water partition coefficient (Wildman–Crippen LogP) is 2.94. The van der Waals surface area contributed by atoms with Crippen molar-refractivity contribution >= 4 is 17.3 Å². The van der Waals surface area contributed by atoms with Crippen LogP contribution in [-0.2, 0) is 0 Å². The number of thiazole rings is 1. The molecule has 19 heavy (non-hydrogen) atoms. The van der Waals surface area contributed by atoms with Crippen LogP contribution in [0.3, 0.4) is 0 Å². The number of hydrogen-bond acceptors (Lipinski definition) is 6. The van der Waals surface area contributed by atoms with Gasteiger partial charge in [-0.2, -0.15) is 4.98 Å². The Kier molecular flexibility index (Phi) is 4.68. The van der Waals surface area contributed by atoms with Gasteiger partial charge >= 0.3 is 0 Å². The second-order valence-corrected chi connectivity index (χ2v) is 5.46. The lowest BCUT2D eigenvalue weighted by atomic mass is 10.2. The van der Waals surface area contributed by atoms with Gasteiger partial charge in [-0.1, -0.05) is 6.92 Å². The van der Waals surface area contributed by atoms with Crippen LogP contribution < -0.4 is 10.1 Å². The molecule has 0 aliphatic rings. The molecule has 1 N–H and O–H groups in total. The zero-order valence-corrected chi connectivity index (χ0v) is 12.1. The molecule has 1 unspecified atom stereocenters. The van der Waals surface area contributed by atoms with Gasteiger partial charge in [-0.15, -0.1) is 11.3 Å². The van der Waals surface area contributed by atoms with Gasteiger partial charge in [0.15, 0.2) is 0 Å². The van der Waals surface area contributed by atoms with Crippen molar-refractivity contribution < 1.29 is 4.74 Å². The number of nitrogens with zero attached hydrogens (tertiary/aromatic N) is 3. The molecule has 0 aliphatic carbocycles. The van der Waals surface area contributed by atoms with Crippen LogP contribution in [0.25, 0.3) is 0 Å². The van der Waals surface area contributed by atoms with Crippen molar-refractivity contribution in [2.45, 2.75) is 32.8 Å². The predicted molar refractivity (Wildman–Crippen MR) is 76.8 cm³/mol. The Balaban J connectivity index is 1.92. The molecule has 0 radical (unpaired) electrons. The van der Waals surface area contributed by atoms with E-state index in [-0.39, 0.29) is 6.10 Å². The molecule has 102 valence electrons. The summed E-state index contributed by atoms with van der Waals surface area (Å²) in [6.45, 7) is 6.82. The summed E-state index contributed by atoms with van der Waals surface area (Å²) < 4.78 is 5.53. The van der Waals surface area contributed by atoms with Crippen LogP contribution in [0.4, 0.5) is 5.95 Å². The van der Waals surface area contributed by atoms with E-state index in [4.69, 9.17) is 4.74 Å². The van der Waals surface area contributed by atoms with Crippen LogP contribution >= 0.6 is 11.3 Å². The van der Waals surface area contributed by atoms with Crippen molar-refractivity contribution in [2.75, 3.05) is 11.9 Å². The lowest BCUT2D eigenvalue weighted by Crippen LogP contribution is -2.13. The molecule has 6 heteroatoms. The average Bonchev–Trinajstić information content (AvgIpc) is 2.89. The maximum absolute atomic E-state index is 5.53. The van der Waals surface area contributed by atoms with E-state index in [0.717, 1.165) is 11.6 Å². The van der Waals surface area contributed by atoms with Gasteiger partial charge in [-0.3, -0.25) is 0 Å². The first-order valence-electron chi connectivity index (χ1n) is 6.28. The summed E-state index contributed by atoms with van der Waals surface area (Å²) in [5, 5.41) is 6.31. The van der Waals surface area contributed by atoms with Crippen LogP contribution in [0.5, 0.6) is 5.88 Å². The van der Waals surface area contributed by atoms with Gasteiger partial charge in [0.1, 0.15) is 0 Å². The highest BCUT2D eigenvalue weighted by atomic mass is 32.1. The summed E-state index contributed by atoms with van der Waals surface area (Å²) >= 11 is 1.66. The van der Waals surface area contributed by atoms with Crippen LogP contribution in [-0.4, -0.2) is 27.6 Å². The van der Waals surface area contributed by atoms with E-state index in [9.17, 15) is 0 Å². The van der Waals surface area contributed by atoms with Crippen molar-refractivity contribution in [3.8, 4) is 5.88 Å². The topological polar surface area (TPSA) is 59.9 Å². The summed E-state index contributed by atoms with van der Waals surface area (Å²) in [6.07, 6.45) is 3.63. The minimum absolute atomic E-state index is 0.108. The van der Waals surface area contributed by atoms with Crippen molar-refractivity contribution in [3.05, 3.63) is 28.8 Å². The molecule has 1 atom stereocenters. The highest BCUT2D eigenvalue weighted by molar-refractivity contribution is 7.09. The average molecular weight is 278 g/mol. The molecular weight excluding hydrogens is 260 g/mol. The summed E-state index contributed by atoms with van der Waals surface area (Å²) in [5.41, 5.74) is 0. The van der Waals surface area contributed by atoms with Crippen molar-refractivity contribution in [1.29, 1.82) is 0 Å². The van der Waals surface area contributed by atoms with Crippen LogP contribution in [0, 0.1) is 0 Å². The molecule has 2 heterocycles. The Bertz CT molecular complexity index is 501. The molecule has 0 aliphatic heterocycles. The molecule has 5 nitrogen and oxygen atoms in total. The number of nitrogens with one attached hydrogen (secondary N) is 1. The van der Waals surface area contributed by atoms with Crippen molar-refractivity contribution in [3.63, 3.8) is 0 Å². The first-order chi connectivity index (χ1) is 9.15. The zero-order chi connectivity index (χ0) is 13.7. The summed E-state index contributed by atoms with van der Waals surface area (Å²) in [6, 6.07) is 1.76. The Labute approximate surface area is 117 Å². The summed E-state index contributed by atoms with van der Waals surface area (Å²) in [4.78, 5) is 12.8. The molecule has 2 aromatic rings. The largest absolute Gasteiger partial charge is 0.475 e. The van der Waals surface area contributed by atoms with E-state index in [1.807, 2.05) is 25.4 Å². The van der Waals surface area contributed by atoms with Gasteiger partial charge in [-0.25, -0.2) is 9.97 Å². The Morgan fingerprint density at radius 2 is 2.11 bits per heavy atom. The highest BCUT2D eigenvalue weighted by Crippen LogP contribution is 2.18. The molecule has 0 fully saturated rings. The van der Waals surface area contributed by atoms with E-state index >= 15 is 0 Å². The minimum Gasteiger partial charge on any atom is -0.475 e. The number of ether oxygens (including phenoxy) is 1. The Morgan fingerprint density at radius 3 is 2.79 bits per heavy atom. The minimum atomic E-state index is 0.108. The van der Waals surface area contributed by atoms with Gasteiger partial charge in [0.25, 0.3) is 0 Å². The standard InChI is InChI=1S/C13H18N4OS/c1-9(2)18-11-4-5-15-13(17-11)16-8-10(3)12-14-6-7-19-12/h4-7,9-10H,8H2,1-3H3,(H,15,16,17). The zero-order valence-electron chi connectivity index (χ0n) is 11.3. The van der Waals surface area contributed by atoms with Gasteiger partial charge in [0, 0.05) is 36.3 Å². The fourth-order valence-electron chi connectivity index (χ4n) is 1.54. The van der Waals surface area contributed by atoms with E-state index in [1.54, 1.807) is 23.6 Å². The van der Waals surface area contributed by atoms with Gasteiger partial charge in [0.05, 0.1) is 11.1 Å². The molecule has 0 saturated carbocycles. The molecule has 0 saturated heterocycles. The monoisotopic (exact) mass is 278 g/mol. The normalized spacial score (nSPS) is 12.4. The number of hydrogen-bond donors (Lipinski definition) is 1. The summed E-state index contributed by atoms with van der Waals surface area (Å²) in [5.74, 6) is 1.51. The fraction of sp³-hybridized carbons (Fsp3) is 0.462. The molecule has 0 amide bonds. The van der Waals surface area contributed by atoms with Crippen molar-refractivity contribution in [1.82, 2.24) is 15.0 Å². The third-order valence-electron chi connectivity index (χ3n) is 2.43. The third-order valence-corrected chi connectivity index (χ3v) is 3.43. The van der Waals surface area contributed by atoms with Gasteiger partial charge < -0.3 is 10.1 Å². The second-order valence-electron chi connectivity index (χ2n) is 4.54. The third kappa shape index (κ3) is 4.17. The number of anilines is 1. The molecule has 0 bridgehead atoms. The van der Waals surface area contributed by atoms with Crippen LogP contribution in [0.2, 0.25) is 0 Å². The molecule has 2 aromatic heterocycles. The first kappa shape index (κ1) is 13.7. The quantitative estimate of drug-likeness (QED) is 0.880. The number of aromatic nitrogens is 3. The molecular formula is C13H18N4OS. The Morgan fingerprint density at radius 1 is 1.26 bits per heavy atom. The first-order valence-corrected chi connectivity index (χ1v) is 7.16. The maximum atomic E-state index is 5.53. The fourth-order valence-corrected chi connectivity index (χ4v) is 2.24. The van der Waals surface area contributed by atoms with E-state index in [1.165, 1.54) is 0 Å². The lowest BCUT2D eigenvalue weighted by molar-refractivity contribution is 0.232. The van der Waals surface area contributed by atoms with E-state index < -0.39 is 0 Å². The lowest BCUT2D eigenvalue weighted by Gasteiger charge is -2.12. The molecule has 2 rings (SSSR count).